The van der Waals surface area contributed by atoms with Crippen LogP contribution in [0.5, 0.6) is 5.88 Å². The standard InChI is InChI=1S/C24H22BrCl2N3O2/c1-24(2)11-20(29-12-21(28)31)18-10-17(13-3-6-15(26)7-4-13)22(30-23(18)32-24)16-8-5-14(25)9-19(16)27/h3-10,20,29H,11-12H2,1-2H3,(H2,28,31). The lowest BCUT2D eigenvalue weighted by Gasteiger charge is -2.37. The summed E-state index contributed by atoms with van der Waals surface area (Å²) in [6.07, 6.45) is 0.660. The normalized spacial score (nSPS) is 16.8. The molecule has 3 N–H and O–H groups in total. The van der Waals surface area contributed by atoms with Gasteiger partial charge in [-0.3, -0.25) is 4.79 Å². The molecule has 0 saturated carbocycles. The third-order valence-corrected chi connectivity index (χ3v) is 6.38. The molecule has 0 fully saturated rings. The smallest absolute Gasteiger partial charge is 0.231 e. The predicted octanol–water partition coefficient (Wildman–Crippen LogP) is 6.16. The molecule has 0 bridgehead atoms. The van der Waals surface area contributed by atoms with Crippen LogP contribution in [-0.4, -0.2) is 23.0 Å². The summed E-state index contributed by atoms with van der Waals surface area (Å²) in [6.45, 7) is 4.06. The molecule has 1 aliphatic rings. The lowest BCUT2D eigenvalue weighted by atomic mass is 9.88. The van der Waals surface area contributed by atoms with Gasteiger partial charge in [0.1, 0.15) is 5.60 Å². The molecule has 0 saturated heterocycles. The minimum Gasteiger partial charge on any atom is -0.471 e. The van der Waals surface area contributed by atoms with E-state index < -0.39 is 11.5 Å². The summed E-state index contributed by atoms with van der Waals surface area (Å²) in [5.41, 5.74) is 9.10. The number of carbonyl (C=O) groups excluding carboxylic acids is 1. The van der Waals surface area contributed by atoms with E-state index in [0.717, 1.165) is 26.7 Å². The van der Waals surface area contributed by atoms with E-state index in [2.05, 4.69) is 21.2 Å². The Morgan fingerprint density at radius 2 is 1.91 bits per heavy atom. The molecule has 2 aromatic carbocycles. The number of ether oxygens (including phenoxy) is 1. The molecule has 166 valence electrons. The third-order valence-electron chi connectivity index (χ3n) is 5.32. The van der Waals surface area contributed by atoms with Gasteiger partial charge in [0.2, 0.25) is 11.8 Å². The number of amides is 1. The van der Waals surface area contributed by atoms with Gasteiger partial charge in [-0.15, -0.1) is 0 Å². The van der Waals surface area contributed by atoms with Crippen molar-refractivity contribution in [2.75, 3.05) is 6.54 Å². The van der Waals surface area contributed by atoms with Gasteiger partial charge in [0.25, 0.3) is 0 Å². The first-order valence-corrected chi connectivity index (χ1v) is 11.6. The maximum atomic E-state index is 11.4. The molecule has 2 heterocycles. The molecule has 0 aliphatic carbocycles. The first kappa shape index (κ1) is 23.1. The van der Waals surface area contributed by atoms with Crippen LogP contribution in [0, 0.1) is 0 Å². The van der Waals surface area contributed by atoms with Gasteiger partial charge in [-0.05, 0) is 49.7 Å². The lowest BCUT2D eigenvalue weighted by molar-refractivity contribution is -0.117. The highest BCUT2D eigenvalue weighted by molar-refractivity contribution is 9.10. The number of halogens is 3. The number of hydrogen-bond donors (Lipinski definition) is 2. The fraction of sp³-hybridized carbons (Fsp3) is 0.250. The average Bonchev–Trinajstić information content (AvgIpc) is 2.71. The van der Waals surface area contributed by atoms with Crippen LogP contribution in [0.1, 0.15) is 31.9 Å². The zero-order valence-corrected chi connectivity index (χ0v) is 20.7. The van der Waals surface area contributed by atoms with Crippen molar-refractivity contribution < 1.29 is 9.53 Å². The lowest BCUT2D eigenvalue weighted by Crippen LogP contribution is -2.42. The van der Waals surface area contributed by atoms with E-state index in [9.17, 15) is 4.79 Å². The Kier molecular flexibility index (Phi) is 6.50. The van der Waals surface area contributed by atoms with E-state index in [1.165, 1.54) is 0 Å². The molecule has 1 aliphatic heterocycles. The van der Waals surface area contributed by atoms with Gasteiger partial charge in [0, 0.05) is 38.6 Å². The van der Waals surface area contributed by atoms with Gasteiger partial charge in [-0.25, -0.2) is 4.98 Å². The molecule has 1 unspecified atom stereocenters. The summed E-state index contributed by atoms with van der Waals surface area (Å²) in [7, 11) is 0. The number of hydrogen-bond acceptors (Lipinski definition) is 4. The van der Waals surface area contributed by atoms with Gasteiger partial charge in [0.15, 0.2) is 0 Å². The van der Waals surface area contributed by atoms with Crippen molar-refractivity contribution >= 4 is 45.0 Å². The summed E-state index contributed by atoms with van der Waals surface area (Å²) < 4.78 is 7.13. The first-order chi connectivity index (χ1) is 15.1. The van der Waals surface area contributed by atoms with Gasteiger partial charge < -0.3 is 15.8 Å². The van der Waals surface area contributed by atoms with Crippen LogP contribution in [-0.2, 0) is 4.79 Å². The highest BCUT2D eigenvalue weighted by atomic mass is 79.9. The molecule has 1 atom stereocenters. The summed E-state index contributed by atoms with van der Waals surface area (Å²) in [5.74, 6) is 0.0925. The van der Waals surface area contributed by atoms with E-state index in [0.29, 0.717) is 28.0 Å². The number of primary amides is 1. The number of pyridine rings is 1. The van der Waals surface area contributed by atoms with Crippen LogP contribution in [0.25, 0.3) is 22.4 Å². The Morgan fingerprint density at radius 1 is 1.19 bits per heavy atom. The van der Waals surface area contributed by atoms with Crippen LogP contribution in [0.3, 0.4) is 0 Å². The first-order valence-electron chi connectivity index (χ1n) is 10.1. The van der Waals surface area contributed by atoms with Crippen LogP contribution in [0.4, 0.5) is 0 Å². The minimum atomic E-state index is -0.474. The molecule has 1 aromatic heterocycles. The monoisotopic (exact) mass is 533 g/mol. The second-order valence-corrected chi connectivity index (χ2v) is 10.1. The van der Waals surface area contributed by atoms with Crippen LogP contribution in [0.15, 0.2) is 53.0 Å². The molecule has 1 amide bonds. The molecular weight excluding hydrogens is 513 g/mol. The van der Waals surface area contributed by atoms with Gasteiger partial charge in [-0.1, -0.05) is 57.3 Å². The number of fused-ring (bicyclic) bond motifs is 1. The Morgan fingerprint density at radius 3 is 2.56 bits per heavy atom. The second kappa shape index (κ2) is 9.02. The molecule has 3 aromatic rings. The van der Waals surface area contributed by atoms with Crippen molar-refractivity contribution in [3.05, 3.63) is 68.6 Å². The number of rotatable bonds is 5. The van der Waals surface area contributed by atoms with E-state index in [1.807, 2.05) is 62.4 Å². The van der Waals surface area contributed by atoms with Crippen LogP contribution in [0.2, 0.25) is 10.0 Å². The molecule has 8 heteroatoms. The fourth-order valence-corrected chi connectivity index (χ4v) is 4.78. The topological polar surface area (TPSA) is 77.2 Å². The van der Waals surface area contributed by atoms with E-state index >= 15 is 0 Å². The summed E-state index contributed by atoms with van der Waals surface area (Å²) >= 11 is 16.2. The summed E-state index contributed by atoms with van der Waals surface area (Å²) in [4.78, 5) is 16.4. The number of aromatic nitrogens is 1. The number of benzene rings is 2. The van der Waals surface area contributed by atoms with Crippen LogP contribution >= 0.6 is 39.1 Å². The molecule has 0 spiro atoms. The van der Waals surface area contributed by atoms with Crippen molar-refractivity contribution in [1.82, 2.24) is 10.3 Å². The second-order valence-electron chi connectivity index (χ2n) is 8.38. The fourth-order valence-electron chi connectivity index (χ4n) is 3.89. The van der Waals surface area contributed by atoms with Crippen LogP contribution < -0.4 is 15.8 Å². The molecule has 0 radical (unpaired) electrons. The molecule has 4 rings (SSSR count). The third kappa shape index (κ3) is 4.94. The maximum Gasteiger partial charge on any atom is 0.231 e. The highest BCUT2D eigenvalue weighted by Gasteiger charge is 2.36. The zero-order valence-electron chi connectivity index (χ0n) is 17.6. The zero-order chi connectivity index (χ0) is 23.0. The van der Waals surface area contributed by atoms with E-state index in [4.69, 9.17) is 38.7 Å². The molecule has 32 heavy (non-hydrogen) atoms. The number of carbonyl (C=O) groups is 1. The van der Waals surface area contributed by atoms with Gasteiger partial charge >= 0.3 is 0 Å². The molecule has 5 nitrogen and oxygen atoms in total. The number of nitrogens with two attached hydrogens (primary N) is 1. The van der Waals surface area contributed by atoms with Gasteiger partial charge in [-0.2, -0.15) is 0 Å². The minimum absolute atomic E-state index is 0.0662. The summed E-state index contributed by atoms with van der Waals surface area (Å²) in [5, 5.41) is 4.47. The number of nitrogens with one attached hydrogen (secondary N) is 1. The van der Waals surface area contributed by atoms with E-state index in [-0.39, 0.29) is 12.6 Å². The van der Waals surface area contributed by atoms with E-state index in [1.54, 1.807) is 0 Å². The Balaban J connectivity index is 1.93. The van der Waals surface area contributed by atoms with Gasteiger partial charge in [0.05, 0.1) is 17.3 Å². The molecular formula is C24H22BrCl2N3O2. The predicted molar refractivity (Wildman–Crippen MR) is 132 cm³/mol. The average molecular weight is 535 g/mol. The van der Waals surface area contributed by atoms with Crippen molar-refractivity contribution in [2.45, 2.75) is 31.9 Å². The SMILES string of the molecule is CC1(C)CC(NCC(N)=O)c2cc(-c3ccc(Cl)cc3)c(-c3ccc(Br)cc3Cl)nc2O1. The Labute approximate surface area is 205 Å². The van der Waals surface area contributed by atoms with Crippen molar-refractivity contribution in [2.24, 2.45) is 5.73 Å². The number of nitrogens with zero attached hydrogens (tertiary/aromatic N) is 1. The largest absolute Gasteiger partial charge is 0.471 e. The van der Waals surface area contributed by atoms with Crippen molar-refractivity contribution in [3.8, 4) is 28.3 Å². The highest BCUT2D eigenvalue weighted by Crippen LogP contribution is 2.44. The Bertz CT molecular complexity index is 1180. The quantitative estimate of drug-likeness (QED) is 0.410. The summed E-state index contributed by atoms with van der Waals surface area (Å²) in [6, 6.07) is 15.2. The van der Waals surface area contributed by atoms with Crippen molar-refractivity contribution in [3.63, 3.8) is 0 Å². The van der Waals surface area contributed by atoms with Crippen molar-refractivity contribution in [1.29, 1.82) is 0 Å². The maximum absolute atomic E-state index is 11.4. The Hall–Kier alpha value is -2.12.